The average molecular weight is 300 g/mol. The molecule has 0 radical (unpaired) electrons. The van der Waals surface area contributed by atoms with Gasteiger partial charge in [0.25, 0.3) is 0 Å². The highest BCUT2D eigenvalue weighted by Gasteiger charge is 2.42. The molecule has 2 rings (SSSR count). The van der Waals surface area contributed by atoms with E-state index in [1.54, 1.807) is 11.8 Å². The number of thioether (sulfide) groups is 1. The third-order valence-electron chi connectivity index (χ3n) is 2.75. The van der Waals surface area contributed by atoms with Crippen LogP contribution in [0.1, 0.15) is 19.3 Å². The Morgan fingerprint density at radius 1 is 1.56 bits per heavy atom. The first-order valence-corrected chi connectivity index (χ1v) is 6.95. The van der Waals surface area contributed by atoms with E-state index in [-0.39, 0.29) is 5.41 Å². The van der Waals surface area contributed by atoms with Crippen LogP contribution in [0.2, 0.25) is 0 Å². The van der Waals surface area contributed by atoms with Gasteiger partial charge in [0.15, 0.2) is 0 Å². The number of hydrogen-bond acceptors (Lipinski definition) is 3. The molecule has 1 fully saturated rings. The maximum Gasteiger partial charge on any atom is 0.0960 e. The normalized spacial score (nSPS) is 17.1. The molecule has 1 aliphatic rings. The van der Waals surface area contributed by atoms with Gasteiger partial charge in [-0.25, -0.2) is 4.98 Å². The van der Waals surface area contributed by atoms with Gasteiger partial charge in [-0.1, -0.05) is 0 Å². The van der Waals surface area contributed by atoms with E-state index in [9.17, 15) is 0 Å². The van der Waals surface area contributed by atoms with Crippen LogP contribution in [-0.2, 0) is 0 Å². The lowest BCUT2D eigenvalue weighted by Gasteiger charge is -2.12. The molecule has 1 aromatic rings. The average Bonchev–Trinajstić information content (AvgIpc) is 2.97. The Bertz CT molecular complexity index is 387. The summed E-state index contributed by atoms with van der Waals surface area (Å²) in [5.74, 6) is 1.32. The van der Waals surface area contributed by atoms with E-state index in [1.165, 1.54) is 12.8 Å². The van der Waals surface area contributed by atoms with Crippen molar-refractivity contribution in [2.45, 2.75) is 24.3 Å². The quantitative estimate of drug-likeness (QED) is 0.499. The highest BCUT2D eigenvalue weighted by molar-refractivity contribution is 9.10. The van der Waals surface area contributed by atoms with Crippen LogP contribution in [0.5, 0.6) is 0 Å². The Labute approximate surface area is 108 Å². The van der Waals surface area contributed by atoms with Crippen LogP contribution in [0.3, 0.4) is 0 Å². The molecule has 1 saturated carbocycles. The molecule has 3 N–H and O–H groups in total. The molecule has 0 bridgehead atoms. The number of amidine groups is 1. The molecule has 16 heavy (non-hydrogen) atoms. The van der Waals surface area contributed by atoms with Crippen molar-refractivity contribution >= 4 is 33.5 Å². The zero-order valence-electron chi connectivity index (χ0n) is 8.87. The molecule has 0 aliphatic heterocycles. The second kappa shape index (κ2) is 4.75. The smallest absolute Gasteiger partial charge is 0.0960 e. The molecule has 86 valence electrons. The minimum atomic E-state index is 0.283. The summed E-state index contributed by atoms with van der Waals surface area (Å²) in [5.41, 5.74) is 5.74. The molecular weight excluding hydrogens is 286 g/mol. The van der Waals surface area contributed by atoms with E-state index in [0.717, 1.165) is 21.7 Å². The van der Waals surface area contributed by atoms with Crippen molar-refractivity contribution in [1.29, 1.82) is 5.41 Å². The monoisotopic (exact) mass is 299 g/mol. The maximum atomic E-state index is 7.35. The van der Waals surface area contributed by atoms with Crippen molar-refractivity contribution in [3.05, 3.63) is 22.8 Å². The first kappa shape index (κ1) is 11.9. The Kier molecular flexibility index (Phi) is 3.54. The number of rotatable bonds is 5. The Morgan fingerprint density at radius 3 is 2.81 bits per heavy atom. The van der Waals surface area contributed by atoms with Crippen molar-refractivity contribution in [3.8, 4) is 0 Å². The molecule has 0 saturated heterocycles. The predicted octanol–water partition coefficient (Wildman–Crippen LogP) is 3.04. The summed E-state index contributed by atoms with van der Waals surface area (Å²) in [6, 6.07) is 4.01. The zero-order valence-corrected chi connectivity index (χ0v) is 11.3. The standard InChI is InChI=1S/C11H14BrN3S/c12-8-1-2-10(15-6-8)16-7-11(3-4-11)5-9(13)14/h1-2,6H,3-5,7H2,(H3,13,14). The third-order valence-corrected chi connectivity index (χ3v) is 4.51. The van der Waals surface area contributed by atoms with Crippen molar-refractivity contribution in [2.24, 2.45) is 11.1 Å². The van der Waals surface area contributed by atoms with Crippen LogP contribution in [0, 0.1) is 10.8 Å². The summed E-state index contributed by atoms with van der Waals surface area (Å²) in [6.07, 6.45) is 4.93. The van der Waals surface area contributed by atoms with Crippen molar-refractivity contribution in [3.63, 3.8) is 0 Å². The van der Waals surface area contributed by atoms with Crippen LogP contribution in [0.15, 0.2) is 27.8 Å². The molecule has 1 aromatic heterocycles. The molecule has 1 heterocycles. The minimum absolute atomic E-state index is 0.283. The summed E-state index contributed by atoms with van der Waals surface area (Å²) in [6.45, 7) is 0. The number of nitrogens with one attached hydrogen (secondary N) is 1. The second-order valence-electron chi connectivity index (χ2n) is 4.31. The first-order valence-electron chi connectivity index (χ1n) is 5.17. The van der Waals surface area contributed by atoms with E-state index >= 15 is 0 Å². The van der Waals surface area contributed by atoms with E-state index in [1.807, 2.05) is 18.3 Å². The molecule has 0 atom stereocenters. The van der Waals surface area contributed by atoms with Gasteiger partial charge in [0.05, 0.1) is 10.9 Å². The van der Waals surface area contributed by atoms with Gasteiger partial charge in [-0.3, -0.25) is 5.41 Å². The van der Waals surface area contributed by atoms with Gasteiger partial charge < -0.3 is 5.73 Å². The summed E-state index contributed by atoms with van der Waals surface area (Å²) in [7, 11) is 0. The second-order valence-corrected chi connectivity index (χ2v) is 6.22. The van der Waals surface area contributed by atoms with Gasteiger partial charge in [-0.2, -0.15) is 0 Å². The highest BCUT2D eigenvalue weighted by Crippen LogP contribution is 2.51. The molecule has 3 nitrogen and oxygen atoms in total. The topological polar surface area (TPSA) is 62.8 Å². The first-order chi connectivity index (χ1) is 7.60. The lowest BCUT2D eigenvalue weighted by molar-refractivity contribution is 0.611. The van der Waals surface area contributed by atoms with E-state index in [2.05, 4.69) is 20.9 Å². The van der Waals surface area contributed by atoms with Crippen LogP contribution >= 0.6 is 27.7 Å². The van der Waals surface area contributed by atoms with E-state index < -0.39 is 0 Å². The van der Waals surface area contributed by atoms with Gasteiger partial charge >= 0.3 is 0 Å². The Morgan fingerprint density at radius 2 is 2.31 bits per heavy atom. The molecule has 0 aromatic carbocycles. The van der Waals surface area contributed by atoms with Crippen molar-refractivity contribution < 1.29 is 0 Å². The summed E-state index contributed by atoms with van der Waals surface area (Å²) >= 11 is 5.12. The number of nitrogens with two attached hydrogens (primary N) is 1. The maximum absolute atomic E-state index is 7.35. The van der Waals surface area contributed by atoms with Gasteiger partial charge in [0, 0.05) is 22.8 Å². The Hall–Kier alpha value is -0.550. The van der Waals surface area contributed by atoms with Crippen LogP contribution in [0.25, 0.3) is 0 Å². The fourth-order valence-electron chi connectivity index (χ4n) is 1.63. The number of aromatic nitrogens is 1. The van der Waals surface area contributed by atoms with E-state index in [0.29, 0.717) is 5.84 Å². The summed E-state index contributed by atoms with van der Waals surface area (Å²) < 4.78 is 1.00. The molecular formula is C11H14BrN3S. The van der Waals surface area contributed by atoms with Crippen LogP contribution in [0.4, 0.5) is 0 Å². The molecule has 0 spiro atoms. The highest BCUT2D eigenvalue weighted by atomic mass is 79.9. The lowest BCUT2D eigenvalue weighted by Crippen LogP contribution is -2.18. The molecule has 0 amide bonds. The molecule has 1 aliphatic carbocycles. The van der Waals surface area contributed by atoms with Gasteiger partial charge in [0.1, 0.15) is 0 Å². The molecule has 5 heteroatoms. The van der Waals surface area contributed by atoms with Crippen molar-refractivity contribution in [1.82, 2.24) is 4.98 Å². The van der Waals surface area contributed by atoms with Gasteiger partial charge in [-0.15, -0.1) is 11.8 Å². The largest absolute Gasteiger partial charge is 0.388 e. The van der Waals surface area contributed by atoms with Crippen LogP contribution < -0.4 is 5.73 Å². The fraction of sp³-hybridized carbons (Fsp3) is 0.455. The van der Waals surface area contributed by atoms with Crippen LogP contribution in [-0.4, -0.2) is 16.6 Å². The Balaban J connectivity index is 1.87. The van der Waals surface area contributed by atoms with E-state index in [4.69, 9.17) is 11.1 Å². The number of nitrogens with zero attached hydrogens (tertiary/aromatic N) is 1. The SMILES string of the molecule is N=C(N)CC1(CSc2ccc(Br)cn2)CC1. The van der Waals surface area contributed by atoms with Gasteiger partial charge in [0.2, 0.25) is 0 Å². The predicted molar refractivity (Wildman–Crippen MR) is 70.9 cm³/mol. The zero-order chi connectivity index (χ0) is 11.6. The lowest BCUT2D eigenvalue weighted by atomic mass is 10.1. The molecule has 0 unspecified atom stereocenters. The summed E-state index contributed by atoms with van der Waals surface area (Å²) in [5, 5.41) is 8.39. The fourth-order valence-corrected chi connectivity index (χ4v) is 3.00. The number of halogens is 1. The third kappa shape index (κ3) is 3.22. The number of pyridine rings is 1. The summed E-state index contributed by atoms with van der Waals surface area (Å²) in [4.78, 5) is 4.32. The van der Waals surface area contributed by atoms with Crippen molar-refractivity contribution in [2.75, 3.05) is 5.75 Å². The minimum Gasteiger partial charge on any atom is -0.388 e. The van der Waals surface area contributed by atoms with Gasteiger partial charge in [-0.05, 0) is 46.3 Å². The number of hydrogen-bond donors (Lipinski definition) is 2.